The summed E-state index contributed by atoms with van der Waals surface area (Å²) in [5.41, 5.74) is 1.79. The van der Waals surface area contributed by atoms with Crippen LogP contribution >= 0.6 is 0 Å². The molecule has 1 amide bonds. The molecule has 4 nitrogen and oxygen atoms in total. The Bertz CT molecular complexity index is 407. The van der Waals surface area contributed by atoms with Gasteiger partial charge in [-0.3, -0.25) is 4.79 Å². The van der Waals surface area contributed by atoms with Crippen molar-refractivity contribution in [3.8, 4) is 0 Å². The van der Waals surface area contributed by atoms with Crippen molar-refractivity contribution in [1.29, 1.82) is 0 Å². The molecular formula is C10H10N2O2. The van der Waals surface area contributed by atoms with Crippen LogP contribution in [0.3, 0.4) is 0 Å². The number of benzene rings is 1. The molecular weight excluding hydrogens is 180 g/mol. The van der Waals surface area contributed by atoms with E-state index in [2.05, 4.69) is 10.3 Å². The third-order valence-corrected chi connectivity index (χ3v) is 1.86. The minimum Gasteiger partial charge on any atom is -0.355 e. The fraction of sp³-hybridized carbons (Fsp3) is 0.200. The van der Waals surface area contributed by atoms with Gasteiger partial charge in [0, 0.05) is 12.6 Å². The van der Waals surface area contributed by atoms with Gasteiger partial charge in [0.15, 0.2) is 0 Å². The molecule has 0 bridgehead atoms. The molecule has 0 radical (unpaired) electrons. The fourth-order valence-electron chi connectivity index (χ4n) is 1.06. The zero-order chi connectivity index (χ0) is 10.6. The van der Waals surface area contributed by atoms with Crippen molar-refractivity contribution < 1.29 is 9.59 Å². The molecule has 0 aromatic heterocycles. The summed E-state index contributed by atoms with van der Waals surface area (Å²) in [5, 5.41) is 2.49. The molecule has 14 heavy (non-hydrogen) atoms. The molecule has 4 heteroatoms. The highest BCUT2D eigenvalue weighted by Gasteiger charge is 2.05. The van der Waals surface area contributed by atoms with Gasteiger partial charge in [-0.25, -0.2) is 4.79 Å². The summed E-state index contributed by atoms with van der Waals surface area (Å²) in [7, 11) is 1.55. The normalized spacial score (nSPS) is 9.00. The highest BCUT2D eigenvalue weighted by Crippen LogP contribution is 2.19. The number of aliphatic imine (C=N–C) groups is 1. The quantitative estimate of drug-likeness (QED) is 0.564. The van der Waals surface area contributed by atoms with Crippen LogP contribution in [0.1, 0.15) is 15.9 Å². The zero-order valence-electron chi connectivity index (χ0n) is 8.00. The Morgan fingerprint density at radius 3 is 2.79 bits per heavy atom. The Kier molecular flexibility index (Phi) is 3.15. The lowest BCUT2D eigenvalue weighted by Crippen LogP contribution is -2.17. The molecule has 0 fully saturated rings. The minimum absolute atomic E-state index is 0.202. The van der Waals surface area contributed by atoms with E-state index in [1.807, 2.05) is 6.92 Å². The Morgan fingerprint density at radius 1 is 1.50 bits per heavy atom. The molecule has 0 unspecified atom stereocenters. The highest BCUT2D eigenvalue weighted by molar-refractivity contribution is 5.95. The first-order valence-corrected chi connectivity index (χ1v) is 4.09. The van der Waals surface area contributed by atoms with Crippen LogP contribution < -0.4 is 5.32 Å². The van der Waals surface area contributed by atoms with Gasteiger partial charge >= 0.3 is 0 Å². The van der Waals surface area contributed by atoms with Gasteiger partial charge in [-0.2, -0.15) is 4.99 Å². The maximum Gasteiger partial charge on any atom is 0.251 e. The van der Waals surface area contributed by atoms with E-state index in [-0.39, 0.29) is 5.91 Å². The molecule has 0 heterocycles. The van der Waals surface area contributed by atoms with Gasteiger partial charge in [-0.05, 0) is 24.6 Å². The van der Waals surface area contributed by atoms with Crippen molar-refractivity contribution in [2.24, 2.45) is 4.99 Å². The molecule has 0 saturated carbocycles. The van der Waals surface area contributed by atoms with E-state index in [0.717, 1.165) is 5.56 Å². The van der Waals surface area contributed by atoms with E-state index in [1.54, 1.807) is 25.2 Å². The molecule has 72 valence electrons. The first-order valence-electron chi connectivity index (χ1n) is 4.09. The highest BCUT2D eigenvalue weighted by atomic mass is 16.1. The van der Waals surface area contributed by atoms with Crippen molar-refractivity contribution in [2.75, 3.05) is 7.05 Å². The van der Waals surface area contributed by atoms with E-state index in [1.165, 1.54) is 6.08 Å². The van der Waals surface area contributed by atoms with Crippen LogP contribution in [-0.2, 0) is 4.79 Å². The van der Waals surface area contributed by atoms with Gasteiger partial charge in [-0.1, -0.05) is 6.07 Å². The van der Waals surface area contributed by atoms with Crippen molar-refractivity contribution in [3.05, 3.63) is 29.3 Å². The largest absolute Gasteiger partial charge is 0.355 e. The smallest absolute Gasteiger partial charge is 0.251 e. The molecule has 1 aromatic rings. The SMILES string of the molecule is CNC(=O)c1ccc(C)c(N=C=O)c1. The number of hydrogen-bond acceptors (Lipinski definition) is 3. The molecule has 0 atom stereocenters. The third-order valence-electron chi connectivity index (χ3n) is 1.86. The molecule has 1 aromatic carbocycles. The van der Waals surface area contributed by atoms with Crippen LogP contribution in [0, 0.1) is 6.92 Å². The lowest BCUT2D eigenvalue weighted by molar-refractivity contribution is 0.0963. The predicted molar refractivity (Wildman–Crippen MR) is 52.4 cm³/mol. The number of rotatable bonds is 2. The molecule has 0 aliphatic rings. The van der Waals surface area contributed by atoms with Crippen LogP contribution in [0.5, 0.6) is 0 Å². The van der Waals surface area contributed by atoms with E-state index in [9.17, 15) is 9.59 Å². The summed E-state index contributed by atoms with van der Waals surface area (Å²) in [6.45, 7) is 1.81. The fourth-order valence-corrected chi connectivity index (χ4v) is 1.06. The van der Waals surface area contributed by atoms with E-state index in [0.29, 0.717) is 11.3 Å². The number of isocyanates is 1. The number of carbonyl (C=O) groups excluding carboxylic acids is 2. The third kappa shape index (κ3) is 2.06. The summed E-state index contributed by atoms with van der Waals surface area (Å²) < 4.78 is 0. The lowest BCUT2D eigenvalue weighted by atomic mass is 10.1. The van der Waals surface area contributed by atoms with Crippen molar-refractivity contribution in [1.82, 2.24) is 5.32 Å². The Labute approximate surface area is 81.7 Å². The predicted octanol–water partition coefficient (Wildman–Crippen LogP) is 1.32. The van der Waals surface area contributed by atoms with Crippen molar-refractivity contribution in [2.45, 2.75) is 6.92 Å². The molecule has 0 spiro atoms. The van der Waals surface area contributed by atoms with Gasteiger partial charge in [0.25, 0.3) is 5.91 Å². The second-order valence-corrected chi connectivity index (χ2v) is 2.78. The van der Waals surface area contributed by atoms with E-state index >= 15 is 0 Å². The number of hydrogen-bond donors (Lipinski definition) is 1. The van der Waals surface area contributed by atoms with Gasteiger partial charge < -0.3 is 5.32 Å². The van der Waals surface area contributed by atoms with Crippen LogP contribution in [0.25, 0.3) is 0 Å². The Morgan fingerprint density at radius 2 is 2.21 bits per heavy atom. The number of carbonyl (C=O) groups is 1. The van der Waals surface area contributed by atoms with E-state index in [4.69, 9.17) is 0 Å². The lowest BCUT2D eigenvalue weighted by Gasteiger charge is -2.02. The summed E-state index contributed by atoms with van der Waals surface area (Å²) in [6, 6.07) is 4.97. The topological polar surface area (TPSA) is 58.5 Å². The van der Waals surface area contributed by atoms with Gasteiger partial charge in [-0.15, -0.1) is 0 Å². The average Bonchev–Trinajstić information content (AvgIpc) is 2.20. The van der Waals surface area contributed by atoms with Gasteiger partial charge in [0.05, 0.1) is 5.69 Å². The number of amides is 1. The van der Waals surface area contributed by atoms with Crippen molar-refractivity contribution >= 4 is 17.7 Å². The van der Waals surface area contributed by atoms with Crippen LogP contribution in [0.15, 0.2) is 23.2 Å². The summed E-state index contributed by atoms with van der Waals surface area (Å²) in [6.07, 6.45) is 1.45. The molecule has 1 N–H and O–H groups in total. The first kappa shape index (κ1) is 10.2. The van der Waals surface area contributed by atoms with Gasteiger partial charge in [0.2, 0.25) is 6.08 Å². The Balaban J connectivity index is 3.18. The van der Waals surface area contributed by atoms with Crippen LogP contribution in [0.2, 0.25) is 0 Å². The summed E-state index contributed by atoms with van der Waals surface area (Å²) in [5.74, 6) is -0.202. The van der Waals surface area contributed by atoms with E-state index < -0.39 is 0 Å². The average molecular weight is 190 g/mol. The molecule has 0 saturated heterocycles. The zero-order valence-corrected chi connectivity index (χ0v) is 8.00. The second kappa shape index (κ2) is 4.35. The summed E-state index contributed by atoms with van der Waals surface area (Å²) >= 11 is 0. The summed E-state index contributed by atoms with van der Waals surface area (Å²) in [4.78, 5) is 24.8. The van der Waals surface area contributed by atoms with Crippen LogP contribution in [0.4, 0.5) is 5.69 Å². The maximum absolute atomic E-state index is 11.2. The number of nitrogens with zero attached hydrogens (tertiary/aromatic N) is 1. The number of nitrogens with one attached hydrogen (secondary N) is 1. The monoisotopic (exact) mass is 190 g/mol. The standard InChI is InChI=1S/C10H10N2O2/c1-7-3-4-8(10(14)11-2)5-9(7)12-6-13/h3-5H,1-2H3,(H,11,14). The Hall–Kier alpha value is -1.93. The molecule has 0 aliphatic heterocycles. The minimum atomic E-state index is -0.202. The molecule has 0 aliphatic carbocycles. The van der Waals surface area contributed by atoms with Crippen molar-refractivity contribution in [3.63, 3.8) is 0 Å². The first-order chi connectivity index (χ1) is 6.69. The maximum atomic E-state index is 11.2. The van der Waals surface area contributed by atoms with Crippen LogP contribution in [-0.4, -0.2) is 19.0 Å². The second-order valence-electron chi connectivity index (χ2n) is 2.78. The van der Waals surface area contributed by atoms with Gasteiger partial charge in [0.1, 0.15) is 0 Å². The molecule has 1 rings (SSSR count). The number of aryl methyl sites for hydroxylation is 1.